The van der Waals surface area contributed by atoms with Crippen molar-refractivity contribution in [2.24, 2.45) is 5.73 Å². The monoisotopic (exact) mass is 665 g/mol. The van der Waals surface area contributed by atoms with Crippen LogP contribution in [0.4, 0.5) is 0 Å². The van der Waals surface area contributed by atoms with Crippen LogP contribution in [-0.2, 0) is 28.7 Å². The van der Waals surface area contributed by atoms with Crippen molar-refractivity contribution in [1.29, 1.82) is 0 Å². The van der Waals surface area contributed by atoms with Crippen molar-refractivity contribution >= 4 is 42.0 Å². The number of nitrogens with two attached hydrogens (primary N) is 1. The van der Waals surface area contributed by atoms with Gasteiger partial charge in [-0.3, -0.25) is 29.7 Å². The molecule has 0 aliphatic rings. The third kappa shape index (κ3) is 24.4. The first-order valence-electron chi connectivity index (χ1n) is 14.8. The van der Waals surface area contributed by atoms with Gasteiger partial charge in [0.25, 0.3) is 6.47 Å². The predicted octanol–water partition coefficient (Wildman–Crippen LogP) is 2.13. The van der Waals surface area contributed by atoms with Gasteiger partial charge in [-0.25, -0.2) is 0 Å². The minimum Gasteiger partial charge on any atom is -0.481 e. The molecule has 5 atom stereocenters. The van der Waals surface area contributed by atoms with Gasteiger partial charge in [0, 0.05) is 30.3 Å². The van der Waals surface area contributed by atoms with E-state index in [0.29, 0.717) is 12.8 Å². The molecule has 14 heteroatoms. The van der Waals surface area contributed by atoms with Crippen LogP contribution in [0.25, 0.3) is 0 Å². The average molecular weight is 666 g/mol. The van der Waals surface area contributed by atoms with E-state index in [9.17, 15) is 34.2 Å². The number of carboxylic acid groups (broad SMARTS) is 2. The van der Waals surface area contributed by atoms with Crippen LogP contribution in [0.15, 0.2) is 72.9 Å². The minimum absolute atomic E-state index is 0.0180. The lowest BCUT2D eigenvalue weighted by Crippen LogP contribution is -2.49. The van der Waals surface area contributed by atoms with E-state index >= 15 is 0 Å². The van der Waals surface area contributed by atoms with E-state index < -0.39 is 60.0 Å². The number of rotatable bonds is 26. The highest BCUT2D eigenvalue weighted by Gasteiger charge is 2.25. The summed E-state index contributed by atoms with van der Waals surface area (Å²) < 4.78 is 4.53. The number of amides is 2. The summed E-state index contributed by atoms with van der Waals surface area (Å²) in [6.07, 6.45) is 20.7. The molecule has 0 aromatic rings. The minimum atomic E-state index is -1.28. The van der Waals surface area contributed by atoms with E-state index in [1.165, 1.54) is 0 Å². The number of hydrogen-bond donors (Lipinski definition) is 7. The van der Waals surface area contributed by atoms with E-state index in [4.69, 9.17) is 15.9 Å². The SMILES string of the molecule is CC/C=C\C[C@H](O)/C=C/C=C\C\C=C/C=C/C=C/[C@@H](SC[C@H](NC(=O)CC[C@H](N)OC=O)C(=O)NCC(=O)O)[C@@H](O)CCC(=O)O. The summed E-state index contributed by atoms with van der Waals surface area (Å²) in [5, 5.41) is 42.5. The molecule has 0 heterocycles. The van der Waals surface area contributed by atoms with Crippen LogP contribution < -0.4 is 16.4 Å². The molecule has 8 N–H and O–H groups in total. The molecular weight excluding hydrogens is 618 g/mol. The molecule has 0 saturated carbocycles. The Balaban J connectivity index is 5.30. The van der Waals surface area contributed by atoms with E-state index in [-0.39, 0.29) is 37.9 Å². The van der Waals surface area contributed by atoms with Crippen molar-refractivity contribution in [2.75, 3.05) is 12.3 Å². The molecule has 0 aliphatic carbocycles. The first-order valence-corrected chi connectivity index (χ1v) is 15.9. The fourth-order valence-corrected chi connectivity index (χ4v) is 4.66. The topological polar surface area (TPSA) is 226 Å². The van der Waals surface area contributed by atoms with Crippen LogP contribution in [0.1, 0.15) is 51.9 Å². The number of allylic oxidation sites excluding steroid dienone is 9. The Hall–Kier alpha value is -3.98. The number of thioether (sulfide) groups is 1. The number of hydrogen-bond acceptors (Lipinski definition) is 10. The Bertz CT molecular complexity index is 1100. The maximum absolute atomic E-state index is 12.6. The Kier molecular flexibility index (Phi) is 25.0. The Morgan fingerprint density at radius 2 is 1.54 bits per heavy atom. The number of aliphatic hydroxyl groups excluding tert-OH is 2. The van der Waals surface area contributed by atoms with Crippen molar-refractivity contribution in [3.63, 3.8) is 0 Å². The summed E-state index contributed by atoms with van der Waals surface area (Å²) in [6.45, 7) is 1.50. The van der Waals surface area contributed by atoms with Crippen molar-refractivity contribution < 1.29 is 49.1 Å². The summed E-state index contributed by atoms with van der Waals surface area (Å²) in [6, 6.07) is -1.19. The lowest BCUT2D eigenvalue weighted by molar-refractivity contribution is -0.138. The molecule has 0 aromatic carbocycles. The lowest BCUT2D eigenvalue weighted by Gasteiger charge is -2.23. The van der Waals surface area contributed by atoms with Gasteiger partial charge in [0.15, 0.2) is 6.23 Å². The van der Waals surface area contributed by atoms with Gasteiger partial charge in [0.05, 0.1) is 12.2 Å². The maximum atomic E-state index is 12.6. The molecule has 0 aromatic heterocycles. The summed E-state index contributed by atoms with van der Waals surface area (Å²) >= 11 is 1.08. The second kappa shape index (κ2) is 27.3. The van der Waals surface area contributed by atoms with Gasteiger partial charge in [0.1, 0.15) is 12.6 Å². The number of nitrogens with one attached hydrogen (secondary N) is 2. The van der Waals surface area contributed by atoms with Crippen molar-refractivity contribution in [3.8, 4) is 0 Å². The van der Waals surface area contributed by atoms with Crippen LogP contribution in [0, 0.1) is 0 Å². The first kappa shape index (κ1) is 42.0. The van der Waals surface area contributed by atoms with Crippen molar-refractivity contribution in [3.05, 3.63) is 72.9 Å². The van der Waals surface area contributed by atoms with Gasteiger partial charge in [-0.05, 0) is 25.7 Å². The molecule has 256 valence electrons. The summed E-state index contributed by atoms with van der Waals surface area (Å²) in [7, 11) is 0. The van der Waals surface area contributed by atoms with Crippen LogP contribution >= 0.6 is 11.8 Å². The van der Waals surface area contributed by atoms with Crippen LogP contribution in [0.2, 0.25) is 0 Å². The van der Waals surface area contributed by atoms with E-state index in [1.54, 1.807) is 36.5 Å². The molecule has 0 saturated heterocycles. The Morgan fingerprint density at radius 3 is 2.20 bits per heavy atom. The fraction of sp³-hybridized carbons (Fsp3) is 0.469. The third-order valence-corrected chi connectivity index (χ3v) is 7.23. The van der Waals surface area contributed by atoms with Gasteiger partial charge in [-0.2, -0.15) is 0 Å². The van der Waals surface area contributed by atoms with Gasteiger partial charge in [0.2, 0.25) is 11.8 Å². The lowest BCUT2D eigenvalue weighted by atomic mass is 10.1. The molecule has 0 bridgehead atoms. The zero-order valence-corrected chi connectivity index (χ0v) is 26.8. The Labute approximate surface area is 274 Å². The highest BCUT2D eigenvalue weighted by Crippen LogP contribution is 2.21. The normalized spacial score (nSPS) is 15.5. The van der Waals surface area contributed by atoms with Crippen molar-refractivity contribution in [1.82, 2.24) is 10.6 Å². The van der Waals surface area contributed by atoms with E-state index in [1.807, 2.05) is 43.4 Å². The van der Waals surface area contributed by atoms with Gasteiger partial charge in [-0.1, -0.05) is 79.8 Å². The average Bonchev–Trinajstić information content (AvgIpc) is 3.01. The van der Waals surface area contributed by atoms with Crippen molar-refractivity contribution in [2.45, 2.75) is 81.6 Å². The summed E-state index contributed by atoms with van der Waals surface area (Å²) in [5.74, 6) is -3.82. The first-order chi connectivity index (χ1) is 22.0. The van der Waals surface area contributed by atoms with Crippen LogP contribution in [0.5, 0.6) is 0 Å². The molecule has 0 spiro atoms. The molecule has 0 rings (SSSR count). The molecule has 0 aliphatic heterocycles. The number of carboxylic acids is 2. The molecule has 0 radical (unpaired) electrons. The molecule has 13 nitrogen and oxygen atoms in total. The highest BCUT2D eigenvalue weighted by atomic mass is 32.2. The second-order valence-corrected chi connectivity index (χ2v) is 11.0. The van der Waals surface area contributed by atoms with Gasteiger partial charge >= 0.3 is 11.9 Å². The Morgan fingerprint density at radius 1 is 0.870 bits per heavy atom. The third-order valence-electron chi connectivity index (χ3n) is 5.84. The number of aliphatic hydroxyl groups is 2. The van der Waals surface area contributed by atoms with Crippen LogP contribution in [-0.4, -0.2) is 92.7 Å². The largest absolute Gasteiger partial charge is 0.481 e. The number of ether oxygens (including phenoxy) is 1. The van der Waals surface area contributed by atoms with Gasteiger partial charge in [-0.15, -0.1) is 11.8 Å². The molecular formula is C32H47N3O10S. The predicted molar refractivity (Wildman–Crippen MR) is 176 cm³/mol. The smallest absolute Gasteiger partial charge is 0.322 e. The van der Waals surface area contributed by atoms with Crippen LogP contribution in [0.3, 0.4) is 0 Å². The zero-order chi connectivity index (χ0) is 34.6. The maximum Gasteiger partial charge on any atom is 0.322 e. The standard InChI is InChI=1S/C32H47N3O10S/c1-2-3-11-14-24(37)15-12-9-7-5-4-6-8-10-13-16-27(26(38)17-20-30(40)41)46-22-25(32(44)34-21-31(42)43)35-29(39)19-18-28(33)45-23-36/h3-4,6-13,15-16,23-28,37-38H,2,5,14,17-22,33H2,1H3,(H,34,44)(H,35,39)(H,40,41)(H,42,43)/b6-4-,9-7-,10-8+,11-3-,15-12+,16-13+/t24-,25-,26-,27+,28+/m0/s1. The van der Waals surface area contributed by atoms with Gasteiger partial charge < -0.3 is 35.8 Å². The zero-order valence-electron chi connectivity index (χ0n) is 26.0. The summed E-state index contributed by atoms with van der Waals surface area (Å²) in [5.41, 5.74) is 5.54. The van der Waals surface area contributed by atoms with E-state index in [2.05, 4.69) is 15.4 Å². The fourth-order valence-electron chi connectivity index (χ4n) is 3.45. The number of carbonyl (C=O) groups excluding carboxylic acids is 3. The molecule has 46 heavy (non-hydrogen) atoms. The quantitative estimate of drug-likeness (QED) is 0.0305. The molecule has 2 amide bonds. The summed E-state index contributed by atoms with van der Waals surface area (Å²) in [4.78, 5) is 57.4. The van der Waals surface area contributed by atoms with E-state index in [0.717, 1.165) is 18.2 Å². The highest BCUT2D eigenvalue weighted by molar-refractivity contribution is 8.00. The number of carbonyl (C=O) groups is 5. The molecule has 0 unspecified atom stereocenters. The molecule has 0 fully saturated rings. The second-order valence-electron chi connectivity index (χ2n) is 9.77. The number of aliphatic carboxylic acids is 2.